The zero-order chi connectivity index (χ0) is 6.24. The summed E-state index contributed by atoms with van der Waals surface area (Å²) in [5.41, 5.74) is 5.28. The molecule has 8 heavy (non-hydrogen) atoms. The average Bonchev–Trinajstić information content (AvgIpc) is 1.81. The summed E-state index contributed by atoms with van der Waals surface area (Å²) in [6, 6.07) is 1.11. The zero-order valence-electron chi connectivity index (χ0n) is 5.02. The fourth-order valence-electron chi connectivity index (χ4n) is 0.360. The van der Waals surface area contributed by atoms with E-state index in [1.807, 2.05) is 11.8 Å². The topological polar surface area (TPSA) is 26.0 Å². The molecule has 1 nitrogen and oxygen atoms in total. The molecule has 0 aliphatic carbocycles. The molecule has 3 heteroatoms. The Balaban J connectivity index is 2.53. The van der Waals surface area contributed by atoms with Crippen LogP contribution in [-0.2, 0) is 0 Å². The maximum Gasteiger partial charge on any atom is 0.0222 e. The summed E-state index contributed by atoms with van der Waals surface area (Å²) in [6.07, 6.45) is 1.25. The van der Waals surface area contributed by atoms with E-state index in [-0.39, 0.29) is 0 Å². The molecule has 0 fully saturated rings. The lowest BCUT2D eigenvalue weighted by Gasteiger charge is -1.94. The van der Waals surface area contributed by atoms with Gasteiger partial charge in [-0.25, -0.2) is 0 Å². The van der Waals surface area contributed by atoms with Crippen molar-refractivity contribution in [2.24, 2.45) is 5.73 Å². The highest BCUT2D eigenvalue weighted by atomic mass is 32.2. The largest absolute Gasteiger partial charge is 0.330 e. The highest BCUT2D eigenvalue weighted by Gasteiger charge is 1.83. The Morgan fingerprint density at radius 3 is 2.62 bits per heavy atom. The van der Waals surface area contributed by atoms with E-state index in [9.17, 15) is 0 Å². The molecule has 0 spiro atoms. The third-order valence-corrected chi connectivity index (χ3v) is 2.18. The number of hydrogen-bond acceptors (Lipinski definition) is 2. The maximum absolute atomic E-state index is 5.28. The van der Waals surface area contributed by atoms with Crippen molar-refractivity contribution >= 4 is 22.0 Å². The smallest absolute Gasteiger partial charge is 0.0222 e. The van der Waals surface area contributed by atoms with Gasteiger partial charge in [-0.1, -0.05) is 6.04 Å². The summed E-state index contributed by atoms with van der Waals surface area (Å²) in [5, 5.41) is 0. The third-order valence-electron chi connectivity index (χ3n) is 0.728. The number of rotatable bonds is 5. The van der Waals surface area contributed by atoms with Gasteiger partial charge in [-0.2, -0.15) is 11.8 Å². The summed E-state index contributed by atoms with van der Waals surface area (Å²) in [4.78, 5) is 0. The van der Waals surface area contributed by atoms with Gasteiger partial charge in [0.2, 0.25) is 0 Å². The summed E-state index contributed by atoms with van der Waals surface area (Å²) in [7, 11) is 3.40. The van der Waals surface area contributed by atoms with Crippen LogP contribution < -0.4 is 5.73 Å². The number of nitrogens with two attached hydrogens (primary N) is 1. The van der Waals surface area contributed by atoms with Crippen molar-refractivity contribution in [1.82, 2.24) is 0 Å². The van der Waals surface area contributed by atoms with Crippen LogP contribution in [0.15, 0.2) is 0 Å². The molecule has 47 valence electrons. The van der Waals surface area contributed by atoms with E-state index in [0.717, 1.165) is 18.3 Å². The molecule has 0 saturated carbocycles. The van der Waals surface area contributed by atoms with E-state index < -0.39 is 0 Å². The Labute approximate surface area is 58.8 Å². The van der Waals surface area contributed by atoms with Gasteiger partial charge in [0.05, 0.1) is 0 Å². The van der Waals surface area contributed by atoms with Crippen molar-refractivity contribution in [3.63, 3.8) is 0 Å². The van der Waals surface area contributed by atoms with Crippen molar-refractivity contribution in [3.8, 4) is 0 Å². The molecule has 0 saturated heterocycles. The van der Waals surface area contributed by atoms with Gasteiger partial charge in [-0.05, 0) is 12.2 Å². The van der Waals surface area contributed by atoms with Crippen LogP contribution in [-0.4, -0.2) is 28.3 Å². The van der Waals surface area contributed by atoms with Crippen LogP contribution in [0.25, 0.3) is 0 Å². The molecular formula is C5H12NSSi. The van der Waals surface area contributed by atoms with Gasteiger partial charge >= 0.3 is 0 Å². The van der Waals surface area contributed by atoms with E-state index in [1.54, 1.807) is 0 Å². The van der Waals surface area contributed by atoms with E-state index in [1.165, 1.54) is 12.2 Å². The lowest BCUT2D eigenvalue weighted by Crippen LogP contribution is -2.01. The number of thioether (sulfide) groups is 1. The first-order valence-electron chi connectivity index (χ1n) is 2.84. The molecule has 0 atom stereocenters. The van der Waals surface area contributed by atoms with Crippen LogP contribution in [0, 0.1) is 0 Å². The highest BCUT2D eigenvalue weighted by Crippen LogP contribution is 2.01. The van der Waals surface area contributed by atoms with E-state index in [4.69, 9.17) is 5.73 Å². The summed E-state index contributed by atoms with van der Waals surface area (Å²) in [6.45, 7) is 0.812. The summed E-state index contributed by atoms with van der Waals surface area (Å²) < 4.78 is 0. The van der Waals surface area contributed by atoms with E-state index in [2.05, 4.69) is 10.2 Å². The highest BCUT2D eigenvalue weighted by molar-refractivity contribution is 7.99. The molecule has 0 aliphatic heterocycles. The van der Waals surface area contributed by atoms with Crippen LogP contribution in [0.3, 0.4) is 0 Å². The maximum atomic E-state index is 5.28. The Morgan fingerprint density at radius 1 is 1.38 bits per heavy atom. The minimum Gasteiger partial charge on any atom is -0.330 e. The van der Waals surface area contributed by atoms with Gasteiger partial charge in [-0.15, -0.1) is 0 Å². The molecule has 0 unspecified atom stereocenters. The molecule has 0 aliphatic rings. The van der Waals surface area contributed by atoms with Crippen molar-refractivity contribution in [2.75, 3.05) is 18.1 Å². The fraction of sp³-hybridized carbons (Fsp3) is 1.00. The van der Waals surface area contributed by atoms with Crippen molar-refractivity contribution in [3.05, 3.63) is 0 Å². The van der Waals surface area contributed by atoms with Gasteiger partial charge < -0.3 is 5.73 Å². The predicted octanol–water partition coefficient (Wildman–Crippen LogP) is 0.655. The van der Waals surface area contributed by atoms with Gasteiger partial charge in [-0.3, -0.25) is 0 Å². The third kappa shape index (κ3) is 6.53. The van der Waals surface area contributed by atoms with E-state index in [0.29, 0.717) is 0 Å². The minimum absolute atomic E-state index is 0.812. The zero-order valence-corrected chi connectivity index (χ0v) is 6.84. The Kier molecular flexibility index (Phi) is 8.02. The molecule has 0 bridgehead atoms. The van der Waals surface area contributed by atoms with Crippen LogP contribution >= 0.6 is 11.8 Å². The Bertz CT molecular complexity index is 37.4. The molecule has 0 amide bonds. The van der Waals surface area contributed by atoms with E-state index >= 15 is 0 Å². The Morgan fingerprint density at radius 2 is 2.12 bits per heavy atom. The second-order valence-corrected chi connectivity index (χ2v) is 3.23. The second-order valence-electron chi connectivity index (χ2n) is 1.50. The van der Waals surface area contributed by atoms with Crippen LogP contribution in [0.2, 0.25) is 6.04 Å². The van der Waals surface area contributed by atoms with Gasteiger partial charge in [0.15, 0.2) is 0 Å². The molecule has 2 N–H and O–H groups in total. The van der Waals surface area contributed by atoms with Crippen molar-refractivity contribution < 1.29 is 0 Å². The molecular weight excluding hydrogens is 134 g/mol. The average molecular weight is 146 g/mol. The standard InChI is InChI=1S/C5H12NSSi/c6-2-4-7-3-1-5-8/h1-6H2. The molecule has 0 aromatic rings. The number of hydrogen-bond donors (Lipinski definition) is 1. The molecule has 3 radical (unpaired) electrons. The second kappa shape index (κ2) is 7.53. The molecule has 0 heterocycles. The monoisotopic (exact) mass is 146 g/mol. The molecule has 0 rings (SSSR count). The van der Waals surface area contributed by atoms with Crippen molar-refractivity contribution in [1.29, 1.82) is 0 Å². The lowest BCUT2D eigenvalue weighted by molar-refractivity contribution is 1.09. The summed E-state index contributed by atoms with van der Waals surface area (Å²) in [5.74, 6) is 2.34. The summed E-state index contributed by atoms with van der Waals surface area (Å²) >= 11 is 1.92. The van der Waals surface area contributed by atoms with Gasteiger partial charge in [0.25, 0.3) is 0 Å². The normalized spacial score (nSPS) is 9.75. The first kappa shape index (κ1) is 8.53. The van der Waals surface area contributed by atoms with Crippen molar-refractivity contribution in [2.45, 2.75) is 12.5 Å². The fourth-order valence-corrected chi connectivity index (χ4v) is 1.51. The quantitative estimate of drug-likeness (QED) is 0.455. The van der Waals surface area contributed by atoms with Gasteiger partial charge in [0, 0.05) is 22.5 Å². The lowest BCUT2D eigenvalue weighted by atomic mass is 10.6. The first-order chi connectivity index (χ1) is 3.91. The van der Waals surface area contributed by atoms with Crippen LogP contribution in [0.4, 0.5) is 0 Å². The Hall–Kier alpha value is 0.527. The first-order valence-corrected chi connectivity index (χ1v) is 4.70. The minimum atomic E-state index is 0.812. The molecule has 0 aromatic heterocycles. The SMILES string of the molecule is NCCSCCC[Si]. The molecule has 0 aromatic carbocycles. The van der Waals surface area contributed by atoms with Crippen LogP contribution in [0.5, 0.6) is 0 Å². The predicted molar refractivity (Wildman–Crippen MR) is 41.6 cm³/mol. The van der Waals surface area contributed by atoms with Gasteiger partial charge in [0.1, 0.15) is 0 Å². The van der Waals surface area contributed by atoms with Crippen LogP contribution in [0.1, 0.15) is 6.42 Å².